The number of amides is 3. The Kier molecular flexibility index (Phi) is 5.38. The van der Waals surface area contributed by atoms with Crippen molar-refractivity contribution in [1.82, 2.24) is 15.1 Å². The second-order valence-electron chi connectivity index (χ2n) is 8.72. The van der Waals surface area contributed by atoms with Gasteiger partial charge < -0.3 is 25.2 Å². The van der Waals surface area contributed by atoms with E-state index in [2.05, 4.69) is 32.6 Å². The Hall–Kier alpha value is -3.26. The first-order valence-electron chi connectivity index (χ1n) is 11.1. The summed E-state index contributed by atoms with van der Waals surface area (Å²) in [5, 5.41) is 5.99. The number of carbonyl (C=O) groups excluding carboxylic acids is 2. The lowest BCUT2D eigenvalue weighted by atomic mass is 9.84. The van der Waals surface area contributed by atoms with Crippen molar-refractivity contribution < 1.29 is 14.3 Å². The number of benzene rings is 2. The molecule has 5 rings (SSSR count). The van der Waals surface area contributed by atoms with Crippen LogP contribution in [0.4, 0.5) is 16.2 Å². The van der Waals surface area contributed by atoms with Gasteiger partial charge in [-0.05, 0) is 37.1 Å². The minimum absolute atomic E-state index is 0.0894. The zero-order chi connectivity index (χ0) is 22.1. The number of urea groups is 1. The first-order valence-corrected chi connectivity index (χ1v) is 11.1. The van der Waals surface area contributed by atoms with Crippen LogP contribution in [-0.4, -0.2) is 73.3 Å². The number of carbonyl (C=O) groups is 2. The lowest BCUT2D eigenvalue weighted by molar-refractivity contribution is -0.125. The van der Waals surface area contributed by atoms with E-state index in [1.807, 2.05) is 47.4 Å². The van der Waals surface area contributed by atoms with Gasteiger partial charge in [-0.25, -0.2) is 4.79 Å². The van der Waals surface area contributed by atoms with Crippen molar-refractivity contribution in [2.75, 3.05) is 50.2 Å². The predicted octanol–water partition coefficient (Wildman–Crippen LogP) is 2.34. The molecule has 2 N–H and O–H groups in total. The zero-order valence-corrected chi connectivity index (χ0v) is 18.3. The zero-order valence-electron chi connectivity index (χ0n) is 18.3. The average Bonchev–Trinajstić information content (AvgIpc) is 3.10. The SMILES string of the molecule is COc1cccc(NC(=O)N2CC(N3CCC4(CC3)C(=O)NCN4c3ccccc3)C2)c1. The van der Waals surface area contributed by atoms with Gasteiger partial charge in [-0.3, -0.25) is 9.69 Å². The van der Waals surface area contributed by atoms with Crippen LogP contribution in [0.25, 0.3) is 0 Å². The molecule has 3 aliphatic rings. The highest BCUT2D eigenvalue weighted by Crippen LogP contribution is 2.37. The summed E-state index contributed by atoms with van der Waals surface area (Å²) < 4.78 is 5.21. The largest absolute Gasteiger partial charge is 0.497 e. The molecule has 1 spiro atoms. The number of rotatable bonds is 4. The number of nitrogens with one attached hydrogen (secondary N) is 2. The molecule has 2 aromatic rings. The van der Waals surface area contributed by atoms with Gasteiger partial charge in [0.2, 0.25) is 5.91 Å². The number of likely N-dealkylation sites (tertiary alicyclic amines) is 2. The quantitative estimate of drug-likeness (QED) is 0.771. The molecule has 168 valence electrons. The predicted molar refractivity (Wildman–Crippen MR) is 123 cm³/mol. The van der Waals surface area contributed by atoms with Gasteiger partial charge in [0, 0.05) is 49.7 Å². The summed E-state index contributed by atoms with van der Waals surface area (Å²) in [6.07, 6.45) is 1.58. The fourth-order valence-electron chi connectivity index (χ4n) is 5.05. The molecule has 0 saturated carbocycles. The Labute approximate surface area is 188 Å². The van der Waals surface area contributed by atoms with Gasteiger partial charge >= 0.3 is 6.03 Å². The third-order valence-corrected chi connectivity index (χ3v) is 7.02. The number of hydrogen-bond donors (Lipinski definition) is 2. The van der Waals surface area contributed by atoms with Crippen molar-refractivity contribution in [3.8, 4) is 5.75 Å². The average molecular weight is 436 g/mol. The maximum atomic E-state index is 12.8. The highest BCUT2D eigenvalue weighted by molar-refractivity contribution is 5.93. The van der Waals surface area contributed by atoms with Crippen molar-refractivity contribution in [2.24, 2.45) is 0 Å². The fraction of sp³-hybridized carbons (Fsp3) is 0.417. The van der Waals surface area contributed by atoms with Crippen LogP contribution in [-0.2, 0) is 4.79 Å². The van der Waals surface area contributed by atoms with E-state index in [1.54, 1.807) is 7.11 Å². The summed E-state index contributed by atoms with van der Waals surface area (Å²) in [7, 11) is 1.61. The molecule has 0 radical (unpaired) electrons. The molecular weight excluding hydrogens is 406 g/mol. The number of para-hydroxylation sites is 1. The van der Waals surface area contributed by atoms with Crippen LogP contribution in [0.15, 0.2) is 54.6 Å². The second kappa shape index (κ2) is 8.35. The lowest BCUT2D eigenvalue weighted by Crippen LogP contribution is -2.65. The third kappa shape index (κ3) is 3.64. The Morgan fingerprint density at radius 3 is 2.56 bits per heavy atom. The van der Waals surface area contributed by atoms with Gasteiger partial charge in [-0.2, -0.15) is 0 Å². The van der Waals surface area contributed by atoms with Crippen LogP contribution in [0.3, 0.4) is 0 Å². The number of piperidine rings is 1. The van der Waals surface area contributed by atoms with Crippen molar-refractivity contribution >= 4 is 23.3 Å². The van der Waals surface area contributed by atoms with E-state index in [0.29, 0.717) is 31.5 Å². The topological polar surface area (TPSA) is 77.1 Å². The van der Waals surface area contributed by atoms with E-state index in [0.717, 1.165) is 37.3 Å². The Morgan fingerprint density at radius 1 is 1.09 bits per heavy atom. The molecule has 3 saturated heterocycles. The summed E-state index contributed by atoms with van der Waals surface area (Å²) in [5.74, 6) is 0.848. The molecule has 0 atom stereocenters. The highest BCUT2D eigenvalue weighted by Gasteiger charge is 2.51. The molecule has 8 heteroatoms. The van der Waals surface area contributed by atoms with Crippen molar-refractivity contribution in [3.05, 3.63) is 54.6 Å². The summed E-state index contributed by atoms with van der Waals surface area (Å²) >= 11 is 0. The number of anilines is 2. The van der Waals surface area contributed by atoms with Crippen molar-refractivity contribution in [2.45, 2.75) is 24.4 Å². The van der Waals surface area contributed by atoms with Gasteiger partial charge in [-0.1, -0.05) is 24.3 Å². The van der Waals surface area contributed by atoms with Gasteiger partial charge in [0.15, 0.2) is 0 Å². The molecule has 32 heavy (non-hydrogen) atoms. The van der Waals surface area contributed by atoms with Gasteiger partial charge in [0.25, 0.3) is 0 Å². The molecular formula is C24H29N5O3. The van der Waals surface area contributed by atoms with E-state index in [4.69, 9.17) is 4.74 Å². The third-order valence-electron chi connectivity index (χ3n) is 7.02. The molecule has 0 aliphatic carbocycles. The molecule has 0 aromatic heterocycles. The number of hydrogen-bond acceptors (Lipinski definition) is 5. The van der Waals surface area contributed by atoms with Crippen LogP contribution in [0.1, 0.15) is 12.8 Å². The minimum Gasteiger partial charge on any atom is -0.497 e. The van der Waals surface area contributed by atoms with Gasteiger partial charge in [0.05, 0.1) is 13.8 Å². The van der Waals surface area contributed by atoms with Gasteiger partial charge in [-0.15, -0.1) is 0 Å². The number of ether oxygens (including phenoxy) is 1. The molecule has 0 bridgehead atoms. The van der Waals surface area contributed by atoms with Crippen LogP contribution in [0, 0.1) is 0 Å². The standard InChI is InChI=1S/C24H29N5O3/c1-32-21-9-5-6-18(14-21)26-23(31)28-15-20(16-28)27-12-10-24(11-13-27)22(30)25-17-29(24)19-7-3-2-4-8-19/h2-9,14,20H,10-13,15-17H2,1H3,(H,25,30)(H,26,31). The maximum absolute atomic E-state index is 12.8. The molecule has 8 nitrogen and oxygen atoms in total. The lowest BCUT2D eigenvalue weighted by Gasteiger charge is -2.50. The summed E-state index contributed by atoms with van der Waals surface area (Å²) in [6.45, 7) is 3.68. The summed E-state index contributed by atoms with van der Waals surface area (Å²) in [4.78, 5) is 31.9. The normalized spacial score (nSPS) is 20.7. The van der Waals surface area contributed by atoms with Crippen LogP contribution < -0.4 is 20.3 Å². The molecule has 0 unspecified atom stereocenters. The minimum atomic E-state index is -0.467. The first-order chi connectivity index (χ1) is 15.6. The van der Waals surface area contributed by atoms with Crippen molar-refractivity contribution in [1.29, 1.82) is 0 Å². The number of nitrogens with zero attached hydrogens (tertiary/aromatic N) is 3. The van der Waals surface area contributed by atoms with Crippen molar-refractivity contribution in [3.63, 3.8) is 0 Å². The van der Waals surface area contributed by atoms with E-state index in [9.17, 15) is 9.59 Å². The molecule has 2 aromatic carbocycles. The molecule has 3 aliphatic heterocycles. The van der Waals surface area contributed by atoms with E-state index in [1.165, 1.54) is 0 Å². The Bertz CT molecular complexity index is 984. The first kappa shape index (κ1) is 20.6. The molecule has 3 fully saturated rings. The summed E-state index contributed by atoms with van der Waals surface area (Å²) in [5.41, 5.74) is 1.35. The van der Waals surface area contributed by atoms with E-state index >= 15 is 0 Å². The fourth-order valence-corrected chi connectivity index (χ4v) is 5.05. The highest BCUT2D eigenvalue weighted by atomic mass is 16.5. The van der Waals surface area contributed by atoms with Crippen LogP contribution >= 0.6 is 0 Å². The van der Waals surface area contributed by atoms with Crippen LogP contribution in [0.2, 0.25) is 0 Å². The van der Waals surface area contributed by atoms with Crippen LogP contribution in [0.5, 0.6) is 5.75 Å². The van der Waals surface area contributed by atoms with E-state index in [-0.39, 0.29) is 11.9 Å². The monoisotopic (exact) mass is 435 g/mol. The Balaban J connectivity index is 1.15. The summed E-state index contributed by atoms with van der Waals surface area (Å²) in [6, 6.07) is 17.8. The Morgan fingerprint density at radius 2 is 1.84 bits per heavy atom. The number of methoxy groups -OCH3 is 1. The maximum Gasteiger partial charge on any atom is 0.321 e. The smallest absolute Gasteiger partial charge is 0.321 e. The molecule has 3 heterocycles. The molecule has 3 amide bonds. The van der Waals surface area contributed by atoms with E-state index < -0.39 is 5.54 Å². The second-order valence-corrected chi connectivity index (χ2v) is 8.72. The van der Waals surface area contributed by atoms with Gasteiger partial charge in [0.1, 0.15) is 11.3 Å².